The van der Waals surface area contributed by atoms with E-state index < -0.39 is 0 Å². The Labute approximate surface area is 110 Å². The smallest absolute Gasteiger partial charge is 0.253 e. The number of fused-ring (bicyclic) bond motifs is 1. The number of nitrogens with one attached hydrogen (secondary N) is 1. The molecule has 4 heteroatoms. The third-order valence-electron chi connectivity index (χ3n) is 2.55. The highest BCUT2D eigenvalue weighted by molar-refractivity contribution is 6.34. The molecule has 1 heterocycles. The summed E-state index contributed by atoms with van der Waals surface area (Å²) < 4.78 is 0. The zero-order valence-electron chi connectivity index (χ0n) is 9.61. The molecule has 1 aromatic heterocycles. The van der Waals surface area contributed by atoms with E-state index in [1.54, 1.807) is 0 Å². The molecule has 1 aromatic carbocycles. The van der Waals surface area contributed by atoms with Crippen LogP contribution in [0.2, 0.25) is 5.15 Å². The zero-order valence-corrected chi connectivity index (χ0v) is 10.4. The predicted molar refractivity (Wildman–Crippen MR) is 72.5 cm³/mol. The third-order valence-corrected chi connectivity index (χ3v) is 2.85. The monoisotopic (exact) mass is 258 g/mol. The summed E-state index contributed by atoms with van der Waals surface area (Å²) in [6.45, 7) is 0.451. The number of benzene rings is 1. The lowest BCUT2D eigenvalue weighted by molar-refractivity contribution is 0.0956. The maximum atomic E-state index is 12.0. The van der Waals surface area contributed by atoms with Crippen LogP contribution in [-0.4, -0.2) is 17.4 Å². The molecule has 90 valence electrons. The fourth-order valence-electron chi connectivity index (χ4n) is 1.68. The number of nitrogens with zero attached hydrogens (tertiary/aromatic N) is 1. The quantitative estimate of drug-likeness (QED) is 0.522. The van der Waals surface area contributed by atoms with E-state index in [4.69, 9.17) is 18.0 Å². The number of hydrogen-bond acceptors (Lipinski definition) is 2. The number of hydrogen-bond donors (Lipinski definition) is 1. The van der Waals surface area contributed by atoms with Crippen molar-refractivity contribution in [3.8, 4) is 12.3 Å². The van der Waals surface area contributed by atoms with Crippen molar-refractivity contribution in [2.24, 2.45) is 0 Å². The van der Waals surface area contributed by atoms with Gasteiger partial charge in [0.2, 0.25) is 0 Å². The molecule has 0 atom stereocenters. The fraction of sp³-hybridized carbons (Fsp3) is 0.143. The van der Waals surface area contributed by atoms with E-state index in [0.717, 1.165) is 10.8 Å². The second kappa shape index (κ2) is 5.52. The van der Waals surface area contributed by atoms with Crippen LogP contribution in [0, 0.1) is 12.3 Å². The lowest BCUT2D eigenvalue weighted by Gasteiger charge is -2.07. The topological polar surface area (TPSA) is 42.0 Å². The highest BCUT2D eigenvalue weighted by atomic mass is 35.5. The van der Waals surface area contributed by atoms with E-state index >= 15 is 0 Å². The Morgan fingerprint density at radius 1 is 1.39 bits per heavy atom. The van der Waals surface area contributed by atoms with Crippen LogP contribution in [-0.2, 0) is 0 Å². The molecule has 0 aliphatic heterocycles. The minimum atomic E-state index is -0.189. The summed E-state index contributed by atoms with van der Waals surface area (Å²) in [5.41, 5.74) is 0.507. The van der Waals surface area contributed by atoms with Gasteiger partial charge in [-0.2, -0.15) is 0 Å². The van der Waals surface area contributed by atoms with E-state index in [2.05, 4.69) is 16.2 Å². The molecular weight excluding hydrogens is 248 g/mol. The third kappa shape index (κ3) is 2.44. The summed E-state index contributed by atoms with van der Waals surface area (Å²) in [4.78, 5) is 16.0. The van der Waals surface area contributed by atoms with Gasteiger partial charge in [-0.05, 0) is 5.39 Å². The van der Waals surface area contributed by atoms with Crippen molar-refractivity contribution in [2.45, 2.75) is 6.42 Å². The van der Waals surface area contributed by atoms with Crippen molar-refractivity contribution < 1.29 is 4.79 Å². The first kappa shape index (κ1) is 12.4. The van der Waals surface area contributed by atoms with Gasteiger partial charge in [0.05, 0.1) is 5.56 Å². The molecule has 1 amide bonds. The number of carbonyl (C=O) groups is 1. The lowest BCUT2D eigenvalue weighted by Crippen LogP contribution is -2.24. The standard InChI is InChI=1S/C14H11ClN2O/c1-2-3-8-16-14(18)12-9-17-13(15)11-7-5-4-6-10(11)12/h1,4-7,9H,3,8H2,(H,16,18). The van der Waals surface area contributed by atoms with E-state index in [1.165, 1.54) is 6.20 Å². The summed E-state index contributed by atoms with van der Waals surface area (Å²) in [7, 11) is 0. The van der Waals surface area contributed by atoms with Gasteiger partial charge in [0.25, 0.3) is 5.91 Å². The van der Waals surface area contributed by atoms with Crippen LogP contribution >= 0.6 is 11.6 Å². The van der Waals surface area contributed by atoms with E-state index in [0.29, 0.717) is 23.7 Å². The number of amides is 1. The van der Waals surface area contributed by atoms with E-state index in [9.17, 15) is 4.79 Å². The van der Waals surface area contributed by atoms with Gasteiger partial charge >= 0.3 is 0 Å². The normalized spacial score (nSPS) is 10.0. The van der Waals surface area contributed by atoms with Gasteiger partial charge in [-0.3, -0.25) is 4.79 Å². The van der Waals surface area contributed by atoms with Gasteiger partial charge in [0.1, 0.15) is 5.15 Å². The van der Waals surface area contributed by atoms with Crippen molar-refractivity contribution in [2.75, 3.05) is 6.54 Å². The summed E-state index contributed by atoms with van der Waals surface area (Å²) in [5.74, 6) is 2.28. The van der Waals surface area contributed by atoms with E-state index in [-0.39, 0.29) is 5.91 Å². The van der Waals surface area contributed by atoms with Gasteiger partial charge in [0.15, 0.2) is 0 Å². The van der Waals surface area contributed by atoms with Crippen molar-refractivity contribution in [1.29, 1.82) is 0 Å². The number of carbonyl (C=O) groups excluding carboxylic acids is 1. The van der Waals surface area contributed by atoms with Crippen molar-refractivity contribution in [1.82, 2.24) is 10.3 Å². The molecule has 0 saturated heterocycles. The molecule has 3 nitrogen and oxygen atoms in total. The second-order valence-corrected chi connectivity index (χ2v) is 4.08. The first-order valence-corrected chi connectivity index (χ1v) is 5.86. The van der Waals surface area contributed by atoms with Crippen LogP contribution in [0.15, 0.2) is 30.5 Å². The molecule has 0 saturated carbocycles. The average molecular weight is 259 g/mol. The summed E-state index contributed by atoms with van der Waals surface area (Å²) in [5, 5.41) is 4.70. The molecule has 2 aromatic rings. The van der Waals surface area contributed by atoms with Crippen molar-refractivity contribution >= 4 is 28.3 Å². The highest BCUT2D eigenvalue weighted by Crippen LogP contribution is 2.23. The zero-order chi connectivity index (χ0) is 13.0. The molecule has 0 aliphatic carbocycles. The number of halogens is 1. The Morgan fingerprint density at radius 2 is 2.11 bits per heavy atom. The Morgan fingerprint density at radius 3 is 2.83 bits per heavy atom. The highest BCUT2D eigenvalue weighted by Gasteiger charge is 2.11. The second-order valence-electron chi connectivity index (χ2n) is 3.72. The minimum Gasteiger partial charge on any atom is -0.351 e. The van der Waals surface area contributed by atoms with Crippen LogP contribution < -0.4 is 5.32 Å². The van der Waals surface area contributed by atoms with Crippen LogP contribution in [0.25, 0.3) is 10.8 Å². The maximum Gasteiger partial charge on any atom is 0.253 e. The Balaban J connectivity index is 2.37. The summed E-state index contributed by atoms with van der Waals surface area (Å²) in [6.07, 6.45) is 7.12. The molecule has 0 spiro atoms. The SMILES string of the molecule is C#CCCNC(=O)c1cnc(Cl)c2ccccc12. The van der Waals surface area contributed by atoms with Crippen LogP contribution in [0.3, 0.4) is 0 Å². The molecule has 18 heavy (non-hydrogen) atoms. The molecule has 1 N–H and O–H groups in total. The number of pyridine rings is 1. The maximum absolute atomic E-state index is 12.0. The molecule has 0 bridgehead atoms. The first-order chi connectivity index (χ1) is 8.74. The first-order valence-electron chi connectivity index (χ1n) is 5.49. The van der Waals surface area contributed by atoms with Gasteiger partial charge in [-0.25, -0.2) is 4.98 Å². The van der Waals surface area contributed by atoms with Gasteiger partial charge in [-0.15, -0.1) is 12.3 Å². The Bertz CT molecular complexity index is 631. The Kier molecular flexibility index (Phi) is 3.81. The summed E-state index contributed by atoms with van der Waals surface area (Å²) >= 11 is 5.99. The molecule has 0 fully saturated rings. The number of rotatable bonds is 3. The fourth-order valence-corrected chi connectivity index (χ4v) is 1.90. The number of aromatic nitrogens is 1. The lowest BCUT2D eigenvalue weighted by atomic mass is 10.1. The Hall–Kier alpha value is -2.05. The minimum absolute atomic E-state index is 0.189. The molecule has 2 rings (SSSR count). The summed E-state index contributed by atoms with van der Waals surface area (Å²) in [6, 6.07) is 7.40. The van der Waals surface area contributed by atoms with Gasteiger partial charge in [0, 0.05) is 24.5 Å². The largest absolute Gasteiger partial charge is 0.351 e. The van der Waals surface area contributed by atoms with Gasteiger partial charge in [-0.1, -0.05) is 35.9 Å². The number of terminal acetylenes is 1. The predicted octanol–water partition coefficient (Wildman–Crippen LogP) is 2.64. The average Bonchev–Trinajstić information content (AvgIpc) is 2.39. The molecule has 0 radical (unpaired) electrons. The molecule has 0 aliphatic rings. The van der Waals surface area contributed by atoms with E-state index in [1.807, 2.05) is 24.3 Å². The molecule has 0 unspecified atom stereocenters. The van der Waals surface area contributed by atoms with Crippen LogP contribution in [0.4, 0.5) is 0 Å². The van der Waals surface area contributed by atoms with Crippen molar-refractivity contribution in [3.05, 3.63) is 41.2 Å². The van der Waals surface area contributed by atoms with Gasteiger partial charge < -0.3 is 5.32 Å². The van der Waals surface area contributed by atoms with Crippen LogP contribution in [0.1, 0.15) is 16.8 Å². The van der Waals surface area contributed by atoms with Crippen molar-refractivity contribution in [3.63, 3.8) is 0 Å². The van der Waals surface area contributed by atoms with Crippen LogP contribution in [0.5, 0.6) is 0 Å². The molecular formula is C14H11ClN2O.